The van der Waals surface area contributed by atoms with Gasteiger partial charge in [0, 0.05) is 11.8 Å². The molecule has 0 aliphatic heterocycles. The molecule has 19 heavy (non-hydrogen) atoms. The first-order chi connectivity index (χ1) is 9.25. The second-order valence-electron chi connectivity index (χ2n) is 4.27. The van der Waals surface area contributed by atoms with E-state index < -0.39 is 5.97 Å². The zero-order valence-electron chi connectivity index (χ0n) is 10.1. The van der Waals surface area contributed by atoms with Gasteiger partial charge in [-0.2, -0.15) is 0 Å². The van der Waals surface area contributed by atoms with Crippen molar-refractivity contribution >= 4 is 16.7 Å². The standard InChI is InChI=1S/C16H11NO2/c18-16(19)14-6-3-9-17-15(14)13-8-7-11-4-1-2-5-12(11)10-13/h1-10H,(H,18,19). The maximum Gasteiger partial charge on any atom is 0.337 e. The molecule has 3 aromatic rings. The van der Waals surface area contributed by atoms with Crippen molar-refractivity contribution in [2.24, 2.45) is 0 Å². The van der Waals surface area contributed by atoms with E-state index in [2.05, 4.69) is 4.98 Å². The second-order valence-corrected chi connectivity index (χ2v) is 4.27. The van der Waals surface area contributed by atoms with Crippen molar-refractivity contribution in [1.29, 1.82) is 0 Å². The van der Waals surface area contributed by atoms with Gasteiger partial charge < -0.3 is 5.11 Å². The van der Waals surface area contributed by atoms with Crippen LogP contribution in [0.3, 0.4) is 0 Å². The van der Waals surface area contributed by atoms with E-state index >= 15 is 0 Å². The van der Waals surface area contributed by atoms with E-state index in [0.717, 1.165) is 16.3 Å². The maximum absolute atomic E-state index is 11.2. The predicted molar refractivity (Wildman–Crippen MR) is 74.1 cm³/mol. The number of nitrogens with zero attached hydrogens (tertiary/aromatic N) is 1. The summed E-state index contributed by atoms with van der Waals surface area (Å²) in [7, 11) is 0. The van der Waals surface area contributed by atoms with E-state index in [9.17, 15) is 9.90 Å². The topological polar surface area (TPSA) is 50.2 Å². The molecule has 0 aliphatic carbocycles. The third kappa shape index (κ3) is 2.06. The summed E-state index contributed by atoms with van der Waals surface area (Å²) in [6.45, 7) is 0. The summed E-state index contributed by atoms with van der Waals surface area (Å²) in [6, 6.07) is 17.0. The van der Waals surface area contributed by atoms with Crippen LogP contribution in [0.5, 0.6) is 0 Å². The number of fused-ring (bicyclic) bond motifs is 1. The lowest BCUT2D eigenvalue weighted by Crippen LogP contribution is -2.00. The van der Waals surface area contributed by atoms with Crippen LogP contribution in [-0.2, 0) is 0 Å². The highest BCUT2D eigenvalue weighted by molar-refractivity contribution is 5.96. The summed E-state index contributed by atoms with van der Waals surface area (Å²) in [5, 5.41) is 11.4. The summed E-state index contributed by atoms with van der Waals surface area (Å²) in [5.41, 5.74) is 1.54. The summed E-state index contributed by atoms with van der Waals surface area (Å²) in [4.78, 5) is 15.4. The maximum atomic E-state index is 11.2. The number of carboxylic acids is 1. The highest BCUT2D eigenvalue weighted by atomic mass is 16.4. The number of aromatic carboxylic acids is 1. The fourth-order valence-corrected chi connectivity index (χ4v) is 2.14. The summed E-state index contributed by atoms with van der Waals surface area (Å²) in [5.74, 6) is -0.962. The number of benzene rings is 2. The van der Waals surface area contributed by atoms with E-state index in [1.165, 1.54) is 0 Å². The van der Waals surface area contributed by atoms with Crippen LogP contribution in [0, 0.1) is 0 Å². The van der Waals surface area contributed by atoms with Crippen LogP contribution in [0.4, 0.5) is 0 Å². The van der Waals surface area contributed by atoms with Gasteiger partial charge in [-0.15, -0.1) is 0 Å². The average Bonchev–Trinajstić information content (AvgIpc) is 2.46. The first kappa shape index (κ1) is 11.4. The van der Waals surface area contributed by atoms with Gasteiger partial charge in [0.05, 0.1) is 11.3 Å². The molecular formula is C16H11NO2. The molecule has 0 bridgehead atoms. The molecule has 3 heteroatoms. The normalized spacial score (nSPS) is 10.5. The van der Waals surface area contributed by atoms with Gasteiger partial charge in [-0.1, -0.05) is 36.4 Å². The molecule has 0 unspecified atom stereocenters. The van der Waals surface area contributed by atoms with Crippen molar-refractivity contribution in [2.45, 2.75) is 0 Å². The molecule has 0 atom stereocenters. The fourth-order valence-electron chi connectivity index (χ4n) is 2.14. The third-order valence-electron chi connectivity index (χ3n) is 3.06. The first-order valence-electron chi connectivity index (χ1n) is 5.93. The summed E-state index contributed by atoms with van der Waals surface area (Å²) in [6.07, 6.45) is 1.61. The summed E-state index contributed by atoms with van der Waals surface area (Å²) >= 11 is 0. The van der Waals surface area contributed by atoms with Crippen molar-refractivity contribution in [3.05, 3.63) is 66.4 Å². The van der Waals surface area contributed by atoms with Crippen LogP contribution >= 0.6 is 0 Å². The molecular weight excluding hydrogens is 238 g/mol. The molecule has 0 saturated heterocycles. The molecule has 92 valence electrons. The molecule has 1 aromatic heterocycles. The summed E-state index contributed by atoms with van der Waals surface area (Å²) < 4.78 is 0. The SMILES string of the molecule is O=C(O)c1cccnc1-c1ccc2ccccc2c1. The van der Waals surface area contributed by atoms with Gasteiger partial charge in [0.2, 0.25) is 0 Å². The molecule has 0 fully saturated rings. The Hall–Kier alpha value is -2.68. The number of carbonyl (C=O) groups is 1. The lowest BCUT2D eigenvalue weighted by atomic mass is 10.0. The Labute approximate surface area is 110 Å². The van der Waals surface area contributed by atoms with Crippen molar-refractivity contribution in [1.82, 2.24) is 4.98 Å². The van der Waals surface area contributed by atoms with Gasteiger partial charge in [0.1, 0.15) is 0 Å². The number of carboxylic acid groups (broad SMARTS) is 1. The average molecular weight is 249 g/mol. The van der Waals surface area contributed by atoms with Crippen molar-refractivity contribution in [2.75, 3.05) is 0 Å². The number of pyridine rings is 1. The number of rotatable bonds is 2. The van der Waals surface area contributed by atoms with Crippen LogP contribution in [0.15, 0.2) is 60.8 Å². The monoisotopic (exact) mass is 249 g/mol. The van der Waals surface area contributed by atoms with E-state index in [1.807, 2.05) is 42.5 Å². The predicted octanol–water partition coefficient (Wildman–Crippen LogP) is 3.60. The van der Waals surface area contributed by atoms with E-state index in [1.54, 1.807) is 18.3 Å². The largest absolute Gasteiger partial charge is 0.478 e. The van der Waals surface area contributed by atoms with Crippen LogP contribution in [0.1, 0.15) is 10.4 Å². The minimum Gasteiger partial charge on any atom is -0.478 e. The minimum atomic E-state index is -0.962. The third-order valence-corrected chi connectivity index (χ3v) is 3.06. The second kappa shape index (κ2) is 4.53. The van der Waals surface area contributed by atoms with Crippen molar-refractivity contribution in [3.8, 4) is 11.3 Å². The zero-order chi connectivity index (χ0) is 13.2. The lowest BCUT2D eigenvalue weighted by molar-refractivity contribution is 0.0697. The smallest absolute Gasteiger partial charge is 0.337 e. The van der Waals surface area contributed by atoms with E-state index in [-0.39, 0.29) is 5.56 Å². The molecule has 0 aliphatic rings. The quantitative estimate of drug-likeness (QED) is 0.754. The number of hydrogen-bond acceptors (Lipinski definition) is 2. The van der Waals surface area contributed by atoms with Gasteiger partial charge in [-0.25, -0.2) is 4.79 Å². The molecule has 3 nitrogen and oxygen atoms in total. The Morgan fingerprint density at radius 3 is 2.53 bits per heavy atom. The number of hydrogen-bond donors (Lipinski definition) is 1. The molecule has 2 aromatic carbocycles. The zero-order valence-corrected chi connectivity index (χ0v) is 10.1. The Morgan fingerprint density at radius 1 is 0.947 bits per heavy atom. The van der Waals surface area contributed by atoms with Crippen molar-refractivity contribution in [3.63, 3.8) is 0 Å². The Balaban J connectivity index is 2.22. The van der Waals surface area contributed by atoms with Crippen LogP contribution in [0.25, 0.3) is 22.0 Å². The molecule has 0 saturated carbocycles. The molecule has 1 N–H and O–H groups in total. The first-order valence-corrected chi connectivity index (χ1v) is 5.93. The van der Waals surface area contributed by atoms with Gasteiger partial charge in [-0.3, -0.25) is 4.98 Å². The van der Waals surface area contributed by atoms with E-state index in [0.29, 0.717) is 5.69 Å². The molecule has 0 amide bonds. The molecule has 0 spiro atoms. The Morgan fingerprint density at radius 2 is 1.74 bits per heavy atom. The molecule has 3 rings (SSSR count). The Kier molecular flexibility index (Phi) is 2.72. The molecule has 1 heterocycles. The lowest BCUT2D eigenvalue weighted by Gasteiger charge is -2.06. The minimum absolute atomic E-state index is 0.220. The highest BCUT2D eigenvalue weighted by Gasteiger charge is 2.12. The molecule has 0 radical (unpaired) electrons. The van der Waals surface area contributed by atoms with E-state index in [4.69, 9.17) is 0 Å². The van der Waals surface area contributed by atoms with Crippen molar-refractivity contribution < 1.29 is 9.90 Å². The van der Waals surface area contributed by atoms with Gasteiger partial charge in [0.15, 0.2) is 0 Å². The highest BCUT2D eigenvalue weighted by Crippen LogP contribution is 2.25. The van der Waals surface area contributed by atoms with Gasteiger partial charge in [-0.05, 0) is 29.0 Å². The van der Waals surface area contributed by atoms with Gasteiger partial charge in [0.25, 0.3) is 0 Å². The number of aromatic nitrogens is 1. The fraction of sp³-hybridized carbons (Fsp3) is 0. The van der Waals surface area contributed by atoms with Crippen LogP contribution in [0.2, 0.25) is 0 Å². The Bertz CT molecular complexity index is 765. The van der Waals surface area contributed by atoms with Gasteiger partial charge >= 0.3 is 5.97 Å². The van der Waals surface area contributed by atoms with Crippen LogP contribution in [-0.4, -0.2) is 16.1 Å². The van der Waals surface area contributed by atoms with Crippen LogP contribution < -0.4 is 0 Å².